The Morgan fingerprint density at radius 3 is 2.83 bits per heavy atom. The van der Waals surface area contributed by atoms with Gasteiger partial charge in [-0.15, -0.1) is 0 Å². The lowest BCUT2D eigenvalue weighted by Gasteiger charge is -2.39. The standard InChI is InChI=1S/C19H24ClNO3/c1-3-13-7-17-15(9-16(13)20)14(8-18(23)24-17)10-21-6-4-5-19(2,11-21)12-22/h7-9,22H,3-6,10-12H2,1-2H3. The molecule has 1 unspecified atom stereocenters. The highest BCUT2D eigenvalue weighted by atomic mass is 35.5. The zero-order chi connectivity index (χ0) is 17.3. The minimum atomic E-state index is -0.330. The second-order valence-electron chi connectivity index (χ2n) is 7.17. The Labute approximate surface area is 147 Å². The zero-order valence-corrected chi connectivity index (χ0v) is 15.0. The molecular weight excluding hydrogens is 326 g/mol. The van der Waals surface area contributed by atoms with Crippen LogP contribution in [0.5, 0.6) is 0 Å². The Kier molecular flexibility index (Phi) is 5.00. The van der Waals surface area contributed by atoms with E-state index in [0.29, 0.717) is 17.2 Å². The van der Waals surface area contributed by atoms with Gasteiger partial charge in [0, 0.05) is 41.6 Å². The molecule has 0 saturated carbocycles. The third-order valence-corrected chi connectivity index (χ3v) is 5.37. The van der Waals surface area contributed by atoms with Gasteiger partial charge in [0.2, 0.25) is 0 Å². The molecule has 0 spiro atoms. The maximum Gasteiger partial charge on any atom is 0.336 e. The second kappa shape index (κ2) is 6.87. The van der Waals surface area contributed by atoms with Gasteiger partial charge in [-0.25, -0.2) is 4.79 Å². The number of likely N-dealkylation sites (tertiary alicyclic amines) is 1. The SMILES string of the molecule is CCc1cc2oc(=O)cc(CN3CCCC(C)(CO)C3)c2cc1Cl. The molecule has 1 fully saturated rings. The summed E-state index contributed by atoms with van der Waals surface area (Å²) in [5.74, 6) is 0. The number of rotatable bonds is 4. The number of piperidine rings is 1. The summed E-state index contributed by atoms with van der Waals surface area (Å²) in [6, 6.07) is 5.34. The predicted molar refractivity (Wildman–Crippen MR) is 96.6 cm³/mol. The van der Waals surface area contributed by atoms with E-state index in [-0.39, 0.29) is 17.6 Å². The summed E-state index contributed by atoms with van der Waals surface area (Å²) in [5.41, 5.74) is 2.12. The second-order valence-corrected chi connectivity index (χ2v) is 7.57. The Hall–Kier alpha value is -1.36. The number of fused-ring (bicyclic) bond motifs is 1. The van der Waals surface area contributed by atoms with Crippen LogP contribution in [0.25, 0.3) is 11.0 Å². The number of aryl methyl sites for hydroxylation is 1. The fourth-order valence-corrected chi connectivity index (χ4v) is 3.92. The van der Waals surface area contributed by atoms with E-state index in [4.69, 9.17) is 16.0 Å². The van der Waals surface area contributed by atoms with Crippen molar-refractivity contribution in [1.82, 2.24) is 4.90 Å². The topological polar surface area (TPSA) is 53.7 Å². The lowest BCUT2D eigenvalue weighted by atomic mass is 9.82. The third-order valence-electron chi connectivity index (χ3n) is 5.01. The van der Waals surface area contributed by atoms with Crippen LogP contribution in [-0.2, 0) is 13.0 Å². The maximum atomic E-state index is 12.0. The van der Waals surface area contributed by atoms with Crippen LogP contribution < -0.4 is 5.63 Å². The predicted octanol–water partition coefficient (Wildman–Crippen LogP) is 3.60. The third kappa shape index (κ3) is 3.51. The molecule has 4 nitrogen and oxygen atoms in total. The van der Waals surface area contributed by atoms with Gasteiger partial charge >= 0.3 is 5.63 Å². The van der Waals surface area contributed by atoms with E-state index in [2.05, 4.69) is 11.8 Å². The highest BCUT2D eigenvalue weighted by Crippen LogP contribution is 2.31. The zero-order valence-electron chi connectivity index (χ0n) is 14.3. The van der Waals surface area contributed by atoms with Crippen molar-refractivity contribution < 1.29 is 9.52 Å². The average molecular weight is 350 g/mol. The molecule has 130 valence electrons. The average Bonchev–Trinajstić information content (AvgIpc) is 2.55. The molecule has 0 radical (unpaired) electrons. The van der Waals surface area contributed by atoms with Crippen LogP contribution in [-0.4, -0.2) is 29.7 Å². The molecule has 3 rings (SSSR count). The molecule has 0 aliphatic carbocycles. The van der Waals surface area contributed by atoms with Crippen LogP contribution in [0.2, 0.25) is 5.02 Å². The molecule has 1 atom stereocenters. The van der Waals surface area contributed by atoms with Gasteiger partial charge in [-0.05, 0) is 49.1 Å². The molecule has 0 amide bonds. The van der Waals surface area contributed by atoms with Gasteiger partial charge in [0.05, 0.1) is 0 Å². The van der Waals surface area contributed by atoms with Gasteiger partial charge in [0.1, 0.15) is 5.58 Å². The van der Waals surface area contributed by atoms with E-state index < -0.39 is 0 Å². The van der Waals surface area contributed by atoms with Gasteiger partial charge in [-0.2, -0.15) is 0 Å². The molecule has 1 aliphatic rings. The minimum Gasteiger partial charge on any atom is -0.423 e. The van der Waals surface area contributed by atoms with Crippen LogP contribution in [0.15, 0.2) is 27.4 Å². The van der Waals surface area contributed by atoms with Crippen molar-refractivity contribution in [3.05, 3.63) is 44.8 Å². The summed E-state index contributed by atoms with van der Waals surface area (Å²) >= 11 is 6.36. The lowest BCUT2D eigenvalue weighted by molar-refractivity contribution is 0.0430. The van der Waals surface area contributed by atoms with Crippen LogP contribution in [0, 0.1) is 5.41 Å². The van der Waals surface area contributed by atoms with Crippen molar-refractivity contribution in [2.24, 2.45) is 5.41 Å². The van der Waals surface area contributed by atoms with E-state index in [0.717, 1.165) is 48.9 Å². The summed E-state index contributed by atoms with van der Waals surface area (Å²) in [6.45, 7) is 6.79. The van der Waals surface area contributed by atoms with Gasteiger partial charge in [-0.1, -0.05) is 25.4 Å². The summed E-state index contributed by atoms with van der Waals surface area (Å²) in [5, 5.41) is 11.2. The van der Waals surface area contributed by atoms with Crippen LogP contribution in [0.1, 0.15) is 37.8 Å². The van der Waals surface area contributed by atoms with Gasteiger partial charge < -0.3 is 9.52 Å². The molecule has 1 aliphatic heterocycles. The fourth-order valence-electron chi connectivity index (χ4n) is 3.62. The largest absolute Gasteiger partial charge is 0.423 e. The van der Waals surface area contributed by atoms with Crippen LogP contribution in [0.4, 0.5) is 0 Å². The van der Waals surface area contributed by atoms with E-state index >= 15 is 0 Å². The molecule has 5 heteroatoms. The number of hydrogen-bond donors (Lipinski definition) is 1. The summed E-state index contributed by atoms with van der Waals surface area (Å²) < 4.78 is 5.38. The normalized spacial score (nSPS) is 22.2. The highest BCUT2D eigenvalue weighted by Gasteiger charge is 2.30. The number of aliphatic hydroxyl groups is 1. The molecular formula is C19H24ClNO3. The molecule has 1 N–H and O–H groups in total. The van der Waals surface area contributed by atoms with E-state index in [1.807, 2.05) is 19.1 Å². The Morgan fingerprint density at radius 1 is 1.33 bits per heavy atom. The summed E-state index contributed by atoms with van der Waals surface area (Å²) in [4.78, 5) is 14.3. The number of aliphatic hydroxyl groups excluding tert-OH is 1. The Balaban J connectivity index is 1.97. The highest BCUT2D eigenvalue weighted by molar-refractivity contribution is 6.32. The number of halogens is 1. The van der Waals surface area contributed by atoms with Gasteiger partial charge in [0.15, 0.2) is 0 Å². The van der Waals surface area contributed by atoms with E-state index in [9.17, 15) is 9.90 Å². The monoisotopic (exact) mass is 349 g/mol. The smallest absolute Gasteiger partial charge is 0.336 e. The molecule has 2 aromatic rings. The summed E-state index contributed by atoms with van der Waals surface area (Å²) in [7, 11) is 0. The minimum absolute atomic E-state index is 0.0689. The lowest BCUT2D eigenvalue weighted by Crippen LogP contribution is -2.43. The van der Waals surface area contributed by atoms with E-state index in [1.54, 1.807) is 6.07 Å². The van der Waals surface area contributed by atoms with Crippen molar-refractivity contribution in [2.45, 2.75) is 39.7 Å². The van der Waals surface area contributed by atoms with Gasteiger partial charge in [-0.3, -0.25) is 4.90 Å². The fraction of sp³-hybridized carbons (Fsp3) is 0.526. The maximum absolute atomic E-state index is 12.0. The first-order chi connectivity index (χ1) is 11.4. The first-order valence-corrected chi connectivity index (χ1v) is 8.90. The Morgan fingerprint density at radius 2 is 2.12 bits per heavy atom. The van der Waals surface area contributed by atoms with Crippen LogP contribution in [0.3, 0.4) is 0 Å². The van der Waals surface area contributed by atoms with Crippen molar-refractivity contribution in [3.63, 3.8) is 0 Å². The molecule has 1 saturated heterocycles. The number of benzene rings is 1. The molecule has 0 bridgehead atoms. The quantitative estimate of drug-likeness (QED) is 0.857. The molecule has 24 heavy (non-hydrogen) atoms. The first-order valence-electron chi connectivity index (χ1n) is 8.52. The molecule has 1 aromatic heterocycles. The Bertz CT molecular complexity index is 801. The van der Waals surface area contributed by atoms with Crippen molar-refractivity contribution in [3.8, 4) is 0 Å². The van der Waals surface area contributed by atoms with Crippen molar-refractivity contribution in [1.29, 1.82) is 0 Å². The van der Waals surface area contributed by atoms with Gasteiger partial charge in [0.25, 0.3) is 0 Å². The number of nitrogens with zero attached hydrogens (tertiary/aromatic N) is 1. The van der Waals surface area contributed by atoms with E-state index in [1.165, 1.54) is 0 Å². The summed E-state index contributed by atoms with van der Waals surface area (Å²) in [6.07, 6.45) is 2.88. The number of hydrogen-bond acceptors (Lipinski definition) is 4. The first kappa shape index (κ1) is 17.5. The molecule has 2 heterocycles. The van der Waals surface area contributed by atoms with Crippen molar-refractivity contribution >= 4 is 22.6 Å². The van der Waals surface area contributed by atoms with Crippen LogP contribution >= 0.6 is 11.6 Å². The van der Waals surface area contributed by atoms with Crippen molar-refractivity contribution in [2.75, 3.05) is 19.7 Å². The molecule has 1 aromatic carbocycles.